The zero-order valence-electron chi connectivity index (χ0n) is 25.5. The fourth-order valence-corrected chi connectivity index (χ4v) is 12.5. The van der Waals surface area contributed by atoms with Crippen molar-refractivity contribution in [2.24, 2.45) is 0 Å². The maximum absolute atomic E-state index is 6.98. The highest BCUT2D eigenvalue weighted by molar-refractivity contribution is 7.20. The van der Waals surface area contributed by atoms with E-state index in [1.807, 2.05) is 0 Å². The van der Waals surface area contributed by atoms with Crippen molar-refractivity contribution < 1.29 is 4.42 Å². The lowest BCUT2D eigenvalue weighted by molar-refractivity contribution is 0.671. The van der Waals surface area contributed by atoms with Gasteiger partial charge in [0.25, 0.3) is 0 Å². The van der Waals surface area contributed by atoms with Gasteiger partial charge in [0.05, 0.1) is 11.0 Å². The van der Waals surface area contributed by atoms with Crippen LogP contribution in [-0.2, 0) is 0 Å². The summed E-state index contributed by atoms with van der Waals surface area (Å²) in [7, 11) is -2.93. The highest BCUT2D eigenvalue weighted by Crippen LogP contribution is 2.36. The number of para-hydroxylation sites is 2. The van der Waals surface area contributed by atoms with E-state index in [0.29, 0.717) is 0 Å². The number of benzene rings is 7. The zero-order chi connectivity index (χ0) is 30.7. The molecule has 218 valence electrons. The van der Waals surface area contributed by atoms with Crippen LogP contribution in [0.15, 0.2) is 174 Å². The van der Waals surface area contributed by atoms with Crippen molar-refractivity contribution >= 4 is 72.6 Å². The number of furan rings is 1. The second-order valence-electron chi connectivity index (χ2n) is 12.2. The molecule has 0 aliphatic rings. The number of aryl methyl sites for hydroxylation is 1. The zero-order valence-corrected chi connectivity index (χ0v) is 26.5. The molecule has 0 aliphatic carbocycles. The third kappa shape index (κ3) is 3.89. The lowest BCUT2D eigenvalue weighted by Gasteiger charge is -2.34. The van der Waals surface area contributed by atoms with E-state index in [0.717, 1.165) is 27.6 Å². The molecular weight excluding hydrogens is 575 g/mol. The van der Waals surface area contributed by atoms with E-state index in [4.69, 9.17) is 4.42 Å². The van der Waals surface area contributed by atoms with Gasteiger partial charge in [-0.2, -0.15) is 0 Å². The molecule has 2 heterocycles. The molecule has 0 unspecified atom stereocenters. The van der Waals surface area contributed by atoms with E-state index in [9.17, 15) is 0 Å². The predicted octanol–water partition coefficient (Wildman–Crippen LogP) is 8.37. The minimum atomic E-state index is -2.93. The second kappa shape index (κ2) is 10.5. The van der Waals surface area contributed by atoms with Crippen LogP contribution in [0.25, 0.3) is 49.4 Å². The first-order valence-corrected chi connectivity index (χ1v) is 17.9. The van der Waals surface area contributed by atoms with Gasteiger partial charge >= 0.3 is 0 Å². The smallest absolute Gasteiger partial charge is 0.184 e. The Bertz CT molecular complexity index is 2380. The highest BCUT2D eigenvalue weighted by atomic mass is 28.3. The molecule has 0 amide bonds. The van der Waals surface area contributed by atoms with Gasteiger partial charge < -0.3 is 8.98 Å². The monoisotopic (exact) mass is 605 g/mol. The van der Waals surface area contributed by atoms with E-state index in [2.05, 4.69) is 181 Å². The Morgan fingerprint density at radius 2 is 0.957 bits per heavy atom. The molecule has 0 saturated carbocycles. The largest absolute Gasteiger partial charge is 0.456 e. The summed E-state index contributed by atoms with van der Waals surface area (Å²) in [5.41, 5.74) is 6.64. The van der Waals surface area contributed by atoms with Gasteiger partial charge in [0.2, 0.25) is 0 Å². The van der Waals surface area contributed by atoms with Crippen molar-refractivity contribution in [2.75, 3.05) is 0 Å². The summed E-state index contributed by atoms with van der Waals surface area (Å²) in [5.74, 6) is 0. The van der Waals surface area contributed by atoms with Gasteiger partial charge in [0, 0.05) is 27.2 Å². The Balaban J connectivity index is 1.52. The Kier molecular flexibility index (Phi) is 6.09. The summed E-state index contributed by atoms with van der Waals surface area (Å²) in [5, 5.41) is 10.0. The molecule has 9 rings (SSSR count). The van der Waals surface area contributed by atoms with Crippen molar-refractivity contribution in [2.45, 2.75) is 6.92 Å². The first-order valence-electron chi connectivity index (χ1n) is 15.9. The maximum atomic E-state index is 6.98. The number of rotatable bonds is 5. The first kappa shape index (κ1) is 26.7. The van der Waals surface area contributed by atoms with E-state index in [1.165, 1.54) is 48.1 Å². The summed E-state index contributed by atoms with van der Waals surface area (Å²) in [6.45, 7) is 2.16. The fraction of sp³-hybridized carbons (Fsp3) is 0.0233. The van der Waals surface area contributed by atoms with Gasteiger partial charge in [-0.15, -0.1) is 0 Å². The molecule has 0 bridgehead atoms. The van der Waals surface area contributed by atoms with Gasteiger partial charge in [-0.1, -0.05) is 139 Å². The van der Waals surface area contributed by atoms with E-state index < -0.39 is 8.07 Å². The van der Waals surface area contributed by atoms with Crippen LogP contribution in [-0.4, -0.2) is 12.6 Å². The lowest BCUT2D eigenvalue weighted by Crippen LogP contribution is -2.74. The van der Waals surface area contributed by atoms with Crippen molar-refractivity contribution in [3.8, 4) is 5.69 Å². The van der Waals surface area contributed by atoms with Crippen molar-refractivity contribution in [3.05, 3.63) is 175 Å². The Morgan fingerprint density at radius 1 is 0.457 bits per heavy atom. The molecule has 0 saturated heterocycles. The average molecular weight is 606 g/mol. The summed E-state index contributed by atoms with van der Waals surface area (Å²) in [6, 6.07) is 62.2. The van der Waals surface area contributed by atoms with Crippen LogP contribution in [0, 0.1) is 6.92 Å². The van der Waals surface area contributed by atoms with Gasteiger partial charge in [0.15, 0.2) is 8.07 Å². The van der Waals surface area contributed by atoms with Crippen molar-refractivity contribution in [1.29, 1.82) is 0 Å². The minimum Gasteiger partial charge on any atom is -0.456 e. The van der Waals surface area contributed by atoms with E-state index in [1.54, 1.807) is 0 Å². The van der Waals surface area contributed by atoms with Gasteiger partial charge in [-0.25, -0.2) is 0 Å². The molecule has 0 atom stereocenters. The van der Waals surface area contributed by atoms with Crippen LogP contribution in [0.1, 0.15) is 5.56 Å². The number of fused-ring (bicyclic) bond motifs is 6. The maximum Gasteiger partial charge on any atom is 0.184 e. The first-order chi connectivity index (χ1) is 22.7. The number of aromatic nitrogens is 1. The molecule has 7 aromatic carbocycles. The van der Waals surface area contributed by atoms with Crippen LogP contribution in [0.3, 0.4) is 0 Å². The molecule has 0 fully saturated rings. The number of hydrogen-bond acceptors (Lipinski definition) is 1. The Morgan fingerprint density at radius 3 is 1.50 bits per heavy atom. The quantitative estimate of drug-likeness (QED) is 0.142. The van der Waals surface area contributed by atoms with Crippen LogP contribution in [0.4, 0.5) is 0 Å². The third-order valence-electron chi connectivity index (χ3n) is 9.57. The molecule has 46 heavy (non-hydrogen) atoms. The molecule has 0 N–H and O–H groups in total. The number of hydrogen-bond donors (Lipinski definition) is 0. The van der Waals surface area contributed by atoms with Crippen LogP contribution in [0.2, 0.25) is 0 Å². The minimum absolute atomic E-state index is 0.915. The molecule has 0 aliphatic heterocycles. The molecule has 9 aromatic rings. The lowest BCUT2D eigenvalue weighted by atomic mass is 10.1. The van der Waals surface area contributed by atoms with Gasteiger partial charge in [0.1, 0.15) is 11.2 Å². The normalized spacial score (nSPS) is 12.0. The number of nitrogens with zero attached hydrogens (tertiary/aromatic N) is 1. The fourth-order valence-electron chi connectivity index (χ4n) is 7.62. The molecule has 2 aromatic heterocycles. The predicted molar refractivity (Wildman–Crippen MR) is 196 cm³/mol. The summed E-state index contributed by atoms with van der Waals surface area (Å²) < 4.78 is 9.43. The average Bonchev–Trinajstić information content (AvgIpc) is 3.65. The molecule has 0 radical (unpaired) electrons. The standard InChI is InChI=1S/C43H31NOSi/c1-30-25-26-41-37(27-30)38-28-31(44-39-23-13-11-21-35(39)36-22-12-14-24-40(36)44)29-42(43(38)45-41)46(32-15-5-2-6-16-32,33-17-7-3-8-18-33)34-19-9-4-10-20-34/h2-29H,1H3. The molecule has 2 nitrogen and oxygen atoms in total. The highest BCUT2D eigenvalue weighted by Gasteiger charge is 2.44. The van der Waals surface area contributed by atoms with Crippen LogP contribution < -0.4 is 20.7 Å². The van der Waals surface area contributed by atoms with E-state index >= 15 is 0 Å². The topological polar surface area (TPSA) is 18.1 Å². The molecule has 3 heteroatoms. The van der Waals surface area contributed by atoms with Crippen molar-refractivity contribution in [3.63, 3.8) is 0 Å². The van der Waals surface area contributed by atoms with Crippen LogP contribution in [0.5, 0.6) is 0 Å². The SMILES string of the molecule is Cc1ccc2oc3c([Si](c4ccccc4)(c4ccccc4)c4ccccc4)cc(-n4c5ccccc5c5ccccc54)cc3c2c1. The Labute approximate surface area is 268 Å². The summed E-state index contributed by atoms with van der Waals surface area (Å²) in [6.07, 6.45) is 0. The van der Waals surface area contributed by atoms with Gasteiger partial charge in [-0.3, -0.25) is 0 Å². The summed E-state index contributed by atoms with van der Waals surface area (Å²) >= 11 is 0. The summed E-state index contributed by atoms with van der Waals surface area (Å²) in [4.78, 5) is 0. The van der Waals surface area contributed by atoms with Gasteiger partial charge in [-0.05, 0) is 64.1 Å². The third-order valence-corrected chi connectivity index (χ3v) is 14.4. The van der Waals surface area contributed by atoms with Crippen LogP contribution >= 0.6 is 0 Å². The Hall–Kier alpha value is -5.64. The second-order valence-corrected chi connectivity index (χ2v) is 16.0. The van der Waals surface area contributed by atoms with E-state index in [-0.39, 0.29) is 0 Å². The molecule has 0 spiro atoms. The van der Waals surface area contributed by atoms with Crippen molar-refractivity contribution in [1.82, 2.24) is 4.57 Å². The molecular formula is C43H31NOSi.